The van der Waals surface area contributed by atoms with E-state index in [1.54, 1.807) is 0 Å². The standard InChI is InChI=1S/C15H22N2O2/c18-12-14-9-5-2-6-10-17(14)15(19)11-16-13-7-3-1-4-8-13/h1,3-4,7-8,14,16,18H,2,5-6,9-12H2. The highest BCUT2D eigenvalue weighted by molar-refractivity contribution is 5.81. The fourth-order valence-electron chi connectivity index (χ4n) is 2.53. The van der Waals surface area contributed by atoms with Crippen molar-refractivity contribution in [3.05, 3.63) is 30.3 Å². The molecule has 104 valence electrons. The van der Waals surface area contributed by atoms with Gasteiger partial charge in [0.05, 0.1) is 19.2 Å². The smallest absolute Gasteiger partial charge is 0.242 e. The van der Waals surface area contributed by atoms with E-state index in [0.717, 1.165) is 37.9 Å². The molecule has 0 saturated carbocycles. The zero-order valence-electron chi connectivity index (χ0n) is 11.2. The number of para-hydroxylation sites is 1. The van der Waals surface area contributed by atoms with E-state index in [-0.39, 0.29) is 18.6 Å². The number of carbonyl (C=O) groups is 1. The van der Waals surface area contributed by atoms with E-state index in [1.165, 1.54) is 0 Å². The first kappa shape index (κ1) is 13.9. The lowest BCUT2D eigenvalue weighted by molar-refractivity contribution is -0.132. The van der Waals surface area contributed by atoms with Crippen molar-refractivity contribution in [2.45, 2.75) is 31.7 Å². The number of amides is 1. The maximum Gasteiger partial charge on any atom is 0.242 e. The molecular formula is C15H22N2O2. The molecule has 2 N–H and O–H groups in total. The van der Waals surface area contributed by atoms with Gasteiger partial charge in [0.15, 0.2) is 0 Å². The Balaban J connectivity index is 1.90. The molecular weight excluding hydrogens is 240 g/mol. The first-order valence-corrected chi connectivity index (χ1v) is 7.00. The Morgan fingerprint density at radius 2 is 2.05 bits per heavy atom. The number of nitrogens with one attached hydrogen (secondary N) is 1. The average Bonchev–Trinajstić information content (AvgIpc) is 2.71. The lowest BCUT2D eigenvalue weighted by atomic mass is 10.1. The SMILES string of the molecule is O=C(CNc1ccccc1)N1CCCCCC1CO. The van der Waals surface area contributed by atoms with Gasteiger partial charge in [-0.2, -0.15) is 0 Å². The third kappa shape index (κ3) is 3.96. The molecule has 19 heavy (non-hydrogen) atoms. The second-order valence-corrected chi connectivity index (χ2v) is 4.99. The van der Waals surface area contributed by atoms with E-state index < -0.39 is 0 Å². The van der Waals surface area contributed by atoms with Crippen LogP contribution in [-0.4, -0.2) is 41.7 Å². The van der Waals surface area contributed by atoms with Gasteiger partial charge in [0.25, 0.3) is 0 Å². The molecule has 1 fully saturated rings. The number of nitrogens with zero attached hydrogens (tertiary/aromatic N) is 1. The molecule has 0 aromatic heterocycles. The quantitative estimate of drug-likeness (QED) is 0.871. The average molecular weight is 262 g/mol. The maximum atomic E-state index is 12.2. The summed E-state index contributed by atoms with van der Waals surface area (Å²) in [6, 6.07) is 9.71. The molecule has 1 aromatic carbocycles. The van der Waals surface area contributed by atoms with Crippen LogP contribution in [0.1, 0.15) is 25.7 Å². The van der Waals surface area contributed by atoms with Gasteiger partial charge in [-0.05, 0) is 25.0 Å². The Bertz CT molecular complexity index is 394. The van der Waals surface area contributed by atoms with E-state index in [2.05, 4.69) is 5.32 Å². The lowest BCUT2D eigenvalue weighted by Crippen LogP contribution is -2.44. The van der Waals surface area contributed by atoms with Crippen LogP contribution in [0.15, 0.2) is 30.3 Å². The second-order valence-electron chi connectivity index (χ2n) is 4.99. The Labute approximate surface area is 114 Å². The van der Waals surface area contributed by atoms with E-state index in [1.807, 2.05) is 35.2 Å². The summed E-state index contributed by atoms with van der Waals surface area (Å²) < 4.78 is 0. The summed E-state index contributed by atoms with van der Waals surface area (Å²) in [5, 5.41) is 12.5. The van der Waals surface area contributed by atoms with E-state index in [9.17, 15) is 9.90 Å². The minimum absolute atomic E-state index is 0.00688. The molecule has 1 unspecified atom stereocenters. The summed E-state index contributed by atoms with van der Waals surface area (Å²) in [5.41, 5.74) is 0.950. The zero-order valence-corrected chi connectivity index (χ0v) is 11.2. The predicted octanol–water partition coefficient (Wildman–Crippen LogP) is 1.86. The molecule has 0 radical (unpaired) electrons. The first-order chi connectivity index (χ1) is 9.31. The topological polar surface area (TPSA) is 52.6 Å². The van der Waals surface area contributed by atoms with Crippen LogP contribution in [-0.2, 0) is 4.79 Å². The largest absolute Gasteiger partial charge is 0.394 e. The number of hydrogen-bond acceptors (Lipinski definition) is 3. The minimum atomic E-state index is -0.00688. The molecule has 0 aliphatic carbocycles. The fraction of sp³-hybridized carbons (Fsp3) is 0.533. The molecule has 1 atom stereocenters. The second kappa shape index (κ2) is 7.14. The van der Waals surface area contributed by atoms with Gasteiger partial charge in [0.1, 0.15) is 0 Å². The van der Waals surface area contributed by atoms with Gasteiger partial charge in [-0.1, -0.05) is 31.0 Å². The molecule has 1 aliphatic heterocycles. The third-order valence-corrected chi connectivity index (χ3v) is 3.63. The van der Waals surface area contributed by atoms with Crippen LogP contribution in [0.2, 0.25) is 0 Å². The van der Waals surface area contributed by atoms with Crippen molar-refractivity contribution in [2.24, 2.45) is 0 Å². The van der Waals surface area contributed by atoms with Gasteiger partial charge in [-0.25, -0.2) is 0 Å². The third-order valence-electron chi connectivity index (χ3n) is 3.63. The molecule has 4 heteroatoms. The summed E-state index contributed by atoms with van der Waals surface area (Å²) >= 11 is 0. The maximum absolute atomic E-state index is 12.2. The van der Waals surface area contributed by atoms with Crippen molar-refractivity contribution in [1.82, 2.24) is 4.90 Å². The van der Waals surface area contributed by atoms with Crippen molar-refractivity contribution >= 4 is 11.6 Å². The number of hydrogen-bond donors (Lipinski definition) is 2. The van der Waals surface area contributed by atoms with E-state index in [0.29, 0.717) is 6.54 Å². The normalized spacial score (nSPS) is 19.8. The van der Waals surface area contributed by atoms with Crippen molar-refractivity contribution < 1.29 is 9.90 Å². The minimum Gasteiger partial charge on any atom is -0.394 e. The van der Waals surface area contributed by atoms with Crippen LogP contribution in [0.3, 0.4) is 0 Å². The molecule has 0 bridgehead atoms. The van der Waals surface area contributed by atoms with Gasteiger partial charge in [-0.3, -0.25) is 4.79 Å². The Morgan fingerprint density at radius 1 is 1.26 bits per heavy atom. The highest BCUT2D eigenvalue weighted by atomic mass is 16.3. The molecule has 4 nitrogen and oxygen atoms in total. The van der Waals surface area contributed by atoms with Crippen LogP contribution in [0.5, 0.6) is 0 Å². The summed E-state index contributed by atoms with van der Waals surface area (Å²) in [5.74, 6) is 0.0739. The van der Waals surface area contributed by atoms with Gasteiger partial charge in [0, 0.05) is 12.2 Å². The van der Waals surface area contributed by atoms with Gasteiger partial charge < -0.3 is 15.3 Å². The van der Waals surface area contributed by atoms with Gasteiger partial charge in [0.2, 0.25) is 5.91 Å². The fourth-order valence-corrected chi connectivity index (χ4v) is 2.53. The van der Waals surface area contributed by atoms with E-state index in [4.69, 9.17) is 0 Å². The number of carbonyl (C=O) groups excluding carboxylic acids is 1. The highest BCUT2D eigenvalue weighted by Gasteiger charge is 2.24. The number of anilines is 1. The van der Waals surface area contributed by atoms with Gasteiger partial charge in [-0.15, -0.1) is 0 Å². The number of aliphatic hydroxyl groups excluding tert-OH is 1. The molecule has 1 saturated heterocycles. The number of rotatable bonds is 4. The Kier molecular flexibility index (Phi) is 5.21. The number of aliphatic hydroxyl groups is 1. The summed E-state index contributed by atoms with van der Waals surface area (Å²) in [6.07, 6.45) is 4.19. The van der Waals surface area contributed by atoms with Crippen LogP contribution in [0, 0.1) is 0 Å². The molecule has 1 heterocycles. The predicted molar refractivity (Wildman–Crippen MR) is 76.0 cm³/mol. The van der Waals surface area contributed by atoms with Crippen molar-refractivity contribution in [1.29, 1.82) is 0 Å². The molecule has 0 spiro atoms. The number of benzene rings is 1. The summed E-state index contributed by atoms with van der Waals surface area (Å²) in [6.45, 7) is 1.12. The van der Waals surface area contributed by atoms with Crippen molar-refractivity contribution in [3.63, 3.8) is 0 Å². The van der Waals surface area contributed by atoms with Crippen molar-refractivity contribution in [2.75, 3.05) is 25.0 Å². The molecule has 1 aromatic rings. The first-order valence-electron chi connectivity index (χ1n) is 7.00. The van der Waals surface area contributed by atoms with Crippen LogP contribution < -0.4 is 5.32 Å². The van der Waals surface area contributed by atoms with Crippen LogP contribution in [0.4, 0.5) is 5.69 Å². The number of likely N-dealkylation sites (tertiary alicyclic amines) is 1. The zero-order chi connectivity index (χ0) is 13.5. The highest BCUT2D eigenvalue weighted by Crippen LogP contribution is 2.16. The van der Waals surface area contributed by atoms with Crippen LogP contribution >= 0.6 is 0 Å². The Hall–Kier alpha value is -1.55. The van der Waals surface area contributed by atoms with Gasteiger partial charge >= 0.3 is 0 Å². The molecule has 2 rings (SSSR count). The molecule has 1 amide bonds. The monoisotopic (exact) mass is 262 g/mol. The Morgan fingerprint density at radius 3 is 2.79 bits per heavy atom. The molecule has 1 aliphatic rings. The van der Waals surface area contributed by atoms with E-state index >= 15 is 0 Å². The van der Waals surface area contributed by atoms with Crippen LogP contribution in [0.25, 0.3) is 0 Å². The lowest BCUT2D eigenvalue weighted by Gasteiger charge is -2.28. The van der Waals surface area contributed by atoms with Crippen molar-refractivity contribution in [3.8, 4) is 0 Å². The summed E-state index contributed by atoms with van der Waals surface area (Å²) in [7, 11) is 0. The summed E-state index contributed by atoms with van der Waals surface area (Å²) in [4.78, 5) is 14.1.